The summed E-state index contributed by atoms with van der Waals surface area (Å²) in [6.07, 6.45) is 9.39. The van der Waals surface area contributed by atoms with Crippen LogP contribution in [0.2, 0.25) is 0 Å². The van der Waals surface area contributed by atoms with Gasteiger partial charge in [-0.25, -0.2) is 0 Å². The maximum absolute atomic E-state index is 6.02. The first-order valence-electron chi connectivity index (χ1n) is 12.4. The van der Waals surface area contributed by atoms with Crippen molar-refractivity contribution in [1.29, 1.82) is 0 Å². The minimum absolute atomic E-state index is 0.383. The summed E-state index contributed by atoms with van der Waals surface area (Å²) in [6, 6.07) is 9.98. The van der Waals surface area contributed by atoms with Crippen LogP contribution < -0.4 is 14.2 Å². The number of H-pyrrole nitrogens is 1. The number of methoxy groups -OCH3 is 2. The molecule has 1 atom stereocenters. The second-order valence-electron chi connectivity index (χ2n) is 9.18. The van der Waals surface area contributed by atoms with Gasteiger partial charge in [0.2, 0.25) is 0 Å². The SMILES string of the molecule is C#C[C@@H](CCCCC)O/N=C1/c2cc(OC)c(OC)cc2-c2[nH]c3ccc(OCCN(C)C)cc3c21. The normalized spacial score (nSPS) is 14.0. The molecule has 0 aliphatic heterocycles. The fourth-order valence-electron chi connectivity index (χ4n) is 4.43. The minimum Gasteiger partial charge on any atom is -0.493 e. The Kier molecular flexibility index (Phi) is 8.07. The fourth-order valence-corrected chi connectivity index (χ4v) is 4.43. The molecule has 0 fully saturated rings. The topological polar surface area (TPSA) is 68.3 Å². The van der Waals surface area contributed by atoms with Crippen LogP contribution in [0.4, 0.5) is 0 Å². The average Bonchev–Trinajstić information content (AvgIpc) is 3.39. The Morgan fingerprint density at radius 2 is 1.81 bits per heavy atom. The van der Waals surface area contributed by atoms with Gasteiger partial charge in [0.15, 0.2) is 17.6 Å². The number of benzene rings is 2. The van der Waals surface area contributed by atoms with Crippen molar-refractivity contribution in [3.8, 4) is 40.8 Å². The number of aromatic amines is 1. The molecule has 1 heterocycles. The summed E-state index contributed by atoms with van der Waals surface area (Å²) in [5.74, 6) is 4.82. The Hall–Kier alpha value is -3.63. The number of fused-ring (bicyclic) bond motifs is 5. The first kappa shape index (κ1) is 25.5. The molecule has 0 unspecified atom stereocenters. The van der Waals surface area contributed by atoms with Crippen LogP contribution in [0, 0.1) is 12.3 Å². The van der Waals surface area contributed by atoms with Gasteiger partial charge in [0.05, 0.1) is 19.9 Å². The van der Waals surface area contributed by atoms with E-state index < -0.39 is 0 Å². The molecular weight excluding hydrogens is 454 g/mol. The van der Waals surface area contributed by atoms with E-state index in [1.54, 1.807) is 14.2 Å². The molecule has 3 aromatic rings. The lowest BCUT2D eigenvalue weighted by Crippen LogP contribution is -2.19. The number of oxime groups is 1. The summed E-state index contributed by atoms with van der Waals surface area (Å²) in [4.78, 5) is 11.6. The van der Waals surface area contributed by atoms with Gasteiger partial charge in [-0.3, -0.25) is 0 Å². The van der Waals surface area contributed by atoms with E-state index in [-0.39, 0.29) is 6.10 Å². The van der Waals surface area contributed by atoms with E-state index in [9.17, 15) is 0 Å². The highest BCUT2D eigenvalue weighted by Gasteiger charge is 2.32. The van der Waals surface area contributed by atoms with Gasteiger partial charge < -0.3 is 28.9 Å². The van der Waals surface area contributed by atoms with Crippen LogP contribution in [0.25, 0.3) is 22.2 Å². The van der Waals surface area contributed by atoms with Crippen LogP contribution in [-0.4, -0.2) is 63.2 Å². The first-order chi connectivity index (χ1) is 17.5. The molecule has 0 saturated heterocycles. The van der Waals surface area contributed by atoms with Gasteiger partial charge >= 0.3 is 0 Å². The number of hydrogen-bond acceptors (Lipinski definition) is 6. The Balaban J connectivity index is 1.78. The molecule has 190 valence electrons. The minimum atomic E-state index is -0.383. The Labute approximate surface area is 213 Å². The third-order valence-electron chi connectivity index (χ3n) is 6.39. The van der Waals surface area contributed by atoms with Crippen LogP contribution in [-0.2, 0) is 4.84 Å². The molecule has 2 aromatic carbocycles. The zero-order valence-corrected chi connectivity index (χ0v) is 21.8. The van der Waals surface area contributed by atoms with Crippen molar-refractivity contribution in [3.05, 3.63) is 41.5 Å². The zero-order valence-electron chi connectivity index (χ0n) is 21.8. The number of nitrogens with zero attached hydrogens (tertiary/aromatic N) is 2. The second-order valence-corrected chi connectivity index (χ2v) is 9.18. The summed E-state index contributed by atoms with van der Waals surface area (Å²) in [6.45, 7) is 3.60. The van der Waals surface area contributed by atoms with Crippen molar-refractivity contribution in [2.75, 3.05) is 41.5 Å². The third-order valence-corrected chi connectivity index (χ3v) is 6.39. The number of terminal acetylenes is 1. The maximum atomic E-state index is 6.02. The fraction of sp³-hybridized carbons (Fsp3) is 0.414. The Morgan fingerprint density at radius 3 is 2.47 bits per heavy atom. The Bertz CT molecular complexity index is 1290. The van der Waals surface area contributed by atoms with Crippen molar-refractivity contribution in [1.82, 2.24) is 9.88 Å². The highest BCUT2D eigenvalue weighted by atomic mass is 16.6. The highest BCUT2D eigenvalue weighted by Crippen LogP contribution is 2.46. The molecule has 0 saturated carbocycles. The van der Waals surface area contributed by atoms with Crippen molar-refractivity contribution in [2.45, 2.75) is 38.7 Å². The summed E-state index contributed by atoms with van der Waals surface area (Å²) >= 11 is 0. The molecule has 1 N–H and O–H groups in total. The lowest BCUT2D eigenvalue weighted by atomic mass is 10.1. The monoisotopic (exact) mass is 489 g/mol. The van der Waals surface area contributed by atoms with Crippen LogP contribution >= 0.6 is 0 Å². The van der Waals surface area contributed by atoms with Crippen molar-refractivity contribution in [2.24, 2.45) is 5.16 Å². The van der Waals surface area contributed by atoms with E-state index >= 15 is 0 Å². The predicted molar refractivity (Wildman–Crippen MR) is 144 cm³/mol. The number of nitrogens with one attached hydrogen (secondary N) is 1. The van der Waals surface area contributed by atoms with Crippen molar-refractivity contribution in [3.63, 3.8) is 0 Å². The van der Waals surface area contributed by atoms with E-state index in [1.807, 2.05) is 38.4 Å². The standard InChI is InChI=1S/C29H35N3O4/c1-7-9-10-11-19(8-2)36-31-29-22-18-26(34-6)25(33-5)17-21(22)28-27(29)23-16-20(12-13-24(23)30-28)35-15-14-32(3)4/h2,12-13,16-19,30H,7,9-11,14-15H2,1,3-6H3/b31-29-/t19-/m0/s1. The summed E-state index contributed by atoms with van der Waals surface area (Å²) < 4.78 is 17.2. The summed E-state index contributed by atoms with van der Waals surface area (Å²) in [5, 5.41) is 5.64. The quantitative estimate of drug-likeness (QED) is 0.163. The number of hydrogen-bond donors (Lipinski definition) is 1. The lowest BCUT2D eigenvalue weighted by Gasteiger charge is -2.13. The third kappa shape index (κ3) is 5.14. The van der Waals surface area contributed by atoms with Crippen LogP contribution in [0.3, 0.4) is 0 Å². The van der Waals surface area contributed by atoms with Gasteiger partial charge in [-0.15, -0.1) is 6.42 Å². The predicted octanol–water partition coefficient (Wildman–Crippen LogP) is 5.46. The first-order valence-corrected chi connectivity index (χ1v) is 12.4. The van der Waals surface area contributed by atoms with Gasteiger partial charge in [-0.2, -0.15) is 0 Å². The average molecular weight is 490 g/mol. The van der Waals surface area contributed by atoms with Crippen LogP contribution in [0.1, 0.15) is 43.7 Å². The highest BCUT2D eigenvalue weighted by molar-refractivity contribution is 6.30. The molecule has 7 heteroatoms. The molecule has 1 aromatic heterocycles. The molecule has 0 amide bonds. The van der Waals surface area contributed by atoms with E-state index in [0.29, 0.717) is 23.8 Å². The van der Waals surface area contributed by atoms with Crippen molar-refractivity contribution < 1.29 is 19.0 Å². The van der Waals surface area contributed by atoms with E-state index in [2.05, 4.69) is 34.0 Å². The molecule has 0 spiro atoms. The molecule has 7 nitrogen and oxygen atoms in total. The molecule has 0 radical (unpaired) electrons. The van der Waals surface area contributed by atoms with E-state index in [1.165, 1.54) is 0 Å². The van der Waals surface area contributed by atoms with Crippen LogP contribution in [0.15, 0.2) is 35.5 Å². The van der Waals surface area contributed by atoms with Gasteiger partial charge in [0.1, 0.15) is 18.1 Å². The second kappa shape index (κ2) is 11.4. The van der Waals surface area contributed by atoms with Crippen LogP contribution in [0.5, 0.6) is 17.2 Å². The number of aromatic nitrogens is 1. The zero-order chi connectivity index (χ0) is 25.7. The largest absolute Gasteiger partial charge is 0.493 e. The van der Waals surface area contributed by atoms with Crippen molar-refractivity contribution >= 4 is 16.6 Å². The van der Waals surface area contributed by atoms with E-state index in [4.69, 9.17) is 25.5 Å². The molecular formula is C29H35N3O4. The molecule has 36 heavy (non-hydrogen) atoms. The number of likely N-dealkylation sites (N-methyl/N-ethyl adjacent to an activating group) is 1. The summed E-state index contributed by atoms with van der Waals surface area (Å²) in [7, 11) is 7.31. The van der Waals surface area contributed by atoms with Gasteiger partial charge in [0.25, 0.3) is 0 Å². The molecule has 4 rings (SSSR count). The number of unbranched alkanes of at least 4 members (excludes halogenated alkanes) is 2. The number of ether oxygens (including phenoxy) is 3. The number of rotatable bonds is 12. The van der Waals surface area contributed by atoms with Gasteiger partial charge in [-0.05, 0) is 57.3 Å². The maximum Gasteiger partial charge on any atom is 0.187 e. The van der Waals surface area contributed by atoms with Gasteiger partial charge in [-0.1, -0.05) is 30.8 Å². The molecule has 0 bridgehead atoms. The van der Waals surface area contributed by atoms with E-state index in [0.717, 1.165) is 71.3 Å². The smallest absolute Gasteiger partial charge is 0.187 e. The lowest BCUT2D eigenvalue weighted by molar-refractivity contribution is 0.0916. The summed E-state index contributed by atoms with van der Waals surface area (Å²) in [5.41, 5.74) is 5.49. The molecule has 1 aliphatic rings. The Morgan fingerprint density at radius 1 is 1.06 bits per heavy atom. The van der Waals surface area contributed by atoms with Gasteiger partial charge in [0, 0.05) is 34.1 Å². The molecule has 1 aliphatic carbocycles.